The lowest BCUT2D eigenvalue weighted by Gasteiger charge is -2.13. The number of aliphatic hydroxyl groups excluding tert-OH is 1. The Kier molecular flexibility index (Phi) is 5.32. The Morgan fingerprint density at radius 3 is 2.53 bits per heavy atom. The Bertz CT molecular complexity index is 484. The molecule has 5 nitrogen and oxygen atoms in total. The Balaban J connectivity index is 3.21. The minimum Gasteiger partial charge on any atom is -0.493 e. The van der Waals surface area contributed by atoms with E-state index in [1.165, 1.54) is 18.2 Å². The van der Waals surface area contributed by atoms with Gasteiger partial charge in [-0.05, 0) is 31.5 Å². The second-order valence-corrected chi connectivity index (χ2v) is 4.56. The lowest BCUT2D eigenvalue weighted by Crippen LogP contribution is -2.15. The molecule has 0 fully saturated rings. The quantitative estimate of drug-likeness (QED) is 0.617. The van der Waals surface area contributed by atoms with E-state index in [2.05, 4.69) is 0 Å². The van der Waals surface area contributed by atoms with Crippen LogP contribution < -0.4 is 4.74 Å². The van der Waals surface area contributed by atoms with Gasteiger partial charge in [-0.25, -0.2) is 4.79 Å². The van der Waals surface area contributed by atoms with E-state index in [9.17, 15) is 14.7 Å². The van der Waals surface area contributed by atoms with Crippen molar-refractivity contribution < 1.29 is 24.5 Å². The number of halogens is 1. The number of hydrogen-bond donors (Lipinski definition) is 2. The summed E-state index contributed by atoms with van der Waals surface area (Å²) in [7, 11) is 0. The number of carbonyl (C=O) groups is 2. The highest BCUT2D eigenvalue weighted by atomic mass is 35.5. The van der Waals surface area contributed by atoms with Crippen molar-refractivity contribution in [2.45, 2.75) is 25.3 Å². The molecule has 0 amide bonds. The van der Waals surface area contributed by atoms with Crippen LogP contribution in [0.15, 0.2) is 18.2 Å². The fourth-order valence-corrected chi connectivity index (χ4v) is 1.66. The second-order valence-electron chi connectivity index (χ2n) is 3.91. The molecule has 104 valence electrons. The number of rotatable bonds is 6. The predicted octanol–water partition coefficient (Wildman–Crippen LogP) is 2.01. The number of Topliss-reactive ketones (excluding diaryl/α,β-unsaturated/α-hetero) is 1. The van der Waals surface area contributed by atoms with Gasteiger partial charge >= 0.3 is 5.97 Å². The van der Waals surface area contributed by atoms with Crippen molar-refractivity contribution in [3.63, 3.8) is 0 Å². The van der Waals surface area contributed by atoms with E-state index in [1.54, 1.807) is 13.8 Å². The molecule has 0 saturated carbocycles. The third-order valence-corrected chi connectivity index (χ3v) is 2.68. The summed E-state index contributed by atoms with van der Waals surface area (Å²) in [4.78, 5) is 22.6. The van der Waals surface area contributed by atoms with Gasteiger partial charge < -0.3 is 14.9 Å². The molecular formula is C13H15ClO5. The van der Waals surface area contributed by atoms with Gasteiger partial charge in [-0.15, -0.1) is 11.6 Å². The van der Waals surface area contributed by atoms with Crippen molar-refractivity contribution in [1.29, 1.82) is 0 Å². The number of aliphatic hydroxyl groups is 1. The summed E-state index contributed by atoms with van der Waals surface area (Å²) in [5, 5.41) is 17.5. The van der Waals surface area contributed by atoms with E-state index in [0.717, 1.165) is 0 Å². The van der Waals surface area contributed by atoms with Gasteiger partial charge in [0.05, 0.1) is 17.5 Å². The van der Waals surface area contributed by atoms with E-state index < -0.39 is 17.5 Å². The summed E-state index contributed by atoms with van der Waals surface area (Å²) in [6, 6.07) is 4.12. The summed E-state index contributed by atoms with van der Waals surface area (Å²) >= 11 is 5.74. The molecule has 0 saturated heterocycles. The molecule has 1 aromatic rings. The minimum absolute atomic E-state index is 0.148. The fourth-order valence-electron chi connectivity index (χ4n) is 1.54. The van der Waals surface area contributed by atoms with Crippen molar-refractivity contribution in [3.8, 4) is 5.75 Å². The summed E-state index contributed by atoms with van der Waals surface area (Å²) in [6.45, 7) is 3.59. The lowest BCUT2D eigenvalue weighted by molar-refractivity contribution is -0.146. The topological polar surface area (TPSA) is 83.8 Å². The number of benzene rings is 1. The van der Waals surface area contributed by atoms with Gasteiger partial charge in [0, 0.05) is 0 Å². The first-order valence-corrected chi connectivity index (χ1v) is 6.18. The monoisotopic (exact) mass is 286 g/mol. The molecule has 19 heavy (non-hydrogen) atoms. The zero-order valence-corrected chi connectivity index (χ0v) is 11.3. The zero-order valence-electron chi connectivity index (χ0n) is 10.6. The molecule has 2 unspecified atom stereocenters. The molecule has 2 N–H and O–H groups in total. The first-order chi connectivity index (χ1) is 8.88. The molecule has 0 aliphatic rings. The molecule has 0 heterocycles. The maximum atomic E-state index is 11.9. The first kappa shape index (κ1) is 15.5. The molecule has 0 radical (unpaired) electrons. The van der Waals surface area contributed by atoms with E-state index in [1.807, 2.05) is 0 Å². The smallest absolute Gasteiger partial charge is 0.337 e. The average Bonchev–Trinajstić information content (AvgIpc) is 2.37. The maximum absolute atomic E-state index is 11.9. The number of carbonyl (C=O) groups excluding carboxylic acids is 1. The highest BCUT2D eigenvalue weighted by Crippen LogP contribution is 2.26. The van der Waals surface area contributed by atoms with Gasteiger partial charge in [-0.3, -0.25) is 4.79 Å². The highest BCUT2D eigenvalue weighted by molar-refractivity contribution is 6.33. The van der Waals surface area contributed by atoms with Crippen LogP contribution in [0.4, 0.5) is 0 Å². The van der Waals surface area contributed by atoms with Crippen LogP contribution in [0.5, 0.6) is 5.75 Å². The van der Waals surface area contributed by atoms with Crippen molar-refractivity contribution in [3.05, 3.63) is 29.3 Å². The van der Waals surface area contributed by atoms with E-state index in [4.69, 9.17) is 21.4 Å². The average molecular weight is 287 g/mol. The Hall–Kier alpha value is -1.59. The number of ketones is 1. The molecule has 2 atom stereocenters. The number of carboxylic acids is 1. The third-order valence-electron chi connectivity index (χ3n) is 2.48. The van der Waals surface area contributed by atoms with Crippen molar-refractivity contribution in [2.24, 2.45) is 0 Å². The van der Waals surface area contributed by atoms with E-state index in [-0.39, 0.29) is 22.7 Å². The third kappa shape index (κ3) is 3.68. The van der Waals surface area contributed by atoms with Crippen LogP contribution in [-0.2, 0) is 4.79 Å². The van der Waals surface area contributed by atoms with Crippen LogP contribution in [0.1, 0.15) is 35.9 Å². The van der Waals surface area contributed by atoms with E-state index in [0.29, 0.717) is 6.61 Å². The second kappa shape index (κ2) is 6.54. The number of alkyl halides is 1. The predicted molar refractivity (Wildman–Crippen MR) is 69.9 cm³/mol. The number of hydrogen-bond acceptors (Lipinski definition) is 4. The van der Waals surface area contributed by atoms with Crippen LogP contribution in [-0.4, -0.2) is 33.9 Å². The Labute approximate surface area is 115 Å². The molecule has 6 heteroatoms. The fraction of sp³-hybridized carbons (Fsp3) is 0.385. The van der Waals surface area contributed by atoms with Gasteiger partial charge in [0.25, 0.3) is 0 Å². The molecule has 0 spiro atoms. The summed E-state index contributed by atoms with van der Waals surface area (Å²) in [6.07, 6.45) is -1.66. The molecule has 1 rings (SSSR count). The van der Waals surface area contributed by atoms with Crippen molar-refractivity contribution in [1.82, 2.24) is 0 Å². The van der Waals surface area contributed by atoms with E-state index >= 15 is 0 Å². The first-order valence-electron chi connectivity index (χ1n) is 5.74. The molecule has 0 bridgehead atoms. The van der Waals surface area contributed by atoms with Crippen LogP contribution in [0.3, 0.4) is 0 Å². The lowest BCUT2D eigenvalue weighted by atomic mass is 10.0. The van der Waals surface area contributed by atoms with Crippen molar-refractivity contribution in [2.75, 3.05) is 6.61 Å². The van der Waals surface area contributed by atoms with Gasteiger partial charge in [-0.2, -0.15) is 0 Å². The number of ether oxygens (including phenoxy) is 1. The van der Waals surface area contributed by atoms with Crippen LogP contribution in [0, 0.1) is 0 Å². The van der Waals surface area contributed by atoms with Crippen LogP contribution in [0.2, 0.25) is 0 Å². The van der Waals surface area contributed by atoms with Gasteiger partial charge in [0.15, 0.2) is 11.9 Å². The standard InChI is InChI=1S/C13H15ClO5/c1-3-19-10-6-8(12(16)13(17)18)4-5-9(10)11(15)7(2)14/h4-7,12,16H,3H2,1-2H3,(H,17,18). The van der Waals surface area contributed by atoms with Crippen LogP contribution >= 0.6 is 11.6 Å². The SMILES string of the molecule is CCOc1cc(C(O)C(=O)O)ccc1C(=O)C(C)Cl. The van der Waals surface area contributed by atoms with Crippen LogP contribution in [0.25, 0.3) is 0 Å². The summed E-state index contributed by atoms with van der Waals surface area (Å²) in [5.74, 6) is -1.47. The molecule has 0 aliphatic heterocycles. The minimum atomic E-state index is -1.66. The summed E-state index contributed by atoms with van der Waals surface area (Å²) < 4.78 is 5.30. The van der Waals surface area contributed by atoms with Gasteiger partial charge in [0.2, 0.25) is 0 Å². The molecular weight excluding hydrogens is 272 g/mol. The highest BCUT2D eigenvalue weighted by Gasteiger charge is 2.21. The Morgan fingerprint density at radius 2 is 2.05 bits per heavy atom. The maximum Gasteiger partial charge on any atom is 0.337 e. The Morgan fingerprint density at radius 1 is 1.42 bits per heavy atom. The number of carboxylic acid groups (broad SMARTS) is 1. The van der Waals surface area contributed by atoms with Gasteiger partial charge in [0.1, 0.15) is 5.75 Å². The molecule has 1 aromatic carbocycles. The number of aliphatic carboxylic acids is 1. The summed E-state index contributed by atoms with van der Waals surface area (Å²) in [5.41, 5.74) is 0.417. The zero-order chi connectivity index (χ0) is 14.6. The van der Waals surface area contributed by atoms with Crippen molar-refractivity contribution >= 4 is 23.4 Å². The molecule has 0 aliphatic carbocycles. The molecule has 0 aromatic heterocycles. The normalized spacial score (nSPS) is 13.7. The largest absolute Gasteiger partial charge is 0.493 e. The van der Waals surface area contributed by atoms with Gasteiger partial charge in [-0.1, -0.05) is 6.07 Å².